The summed E-state index contributed by atoms with van der Waals surface area (Å²) >= 11 is 3.20. The van der Waals surface area contributed by atoms with Gasteiger partial charge < -0.3 is 4.74 Å². The lowest BCUT2D eigenvalue weighted by atomic mass is 10.2. The van der Waals surface area contributed by atoms with E-state index in [1.807, 2.05) is 6.92 Å². The van der Waals surface area contributed by atoms with Crippen molar-refractivity contribution in [3.05, 3.63) is 46.6 Å². The van der Waals surface area contributed by atoms with E-state index < -0.39 is 10.0 Å². The van der Waals surface area contributed by atoms with Gasteiger partial charge >= 0.3 is 0 Å². The summed E-state index contributed by atoms with van der Waals surface area (Å²) in [7, 11) is -2.32. The SMILES string of the molecule is COc1ccc(C)cc1S(=O)(=O)Nc1cccc(Br)n1. The summed E-state index contributed by atoms with van der Waals surface area (Å²) in [6, 6.07) is 9.95. The molecule has 7 heteroatoms. The number of aryl methyl sites for hydroxylation is 1. The lowest BCUT2D eigenvalue weighted by molar-refractivity contribution is 0.402. The Hall–Kier alpha value is -1.60. The van der Waals surface area contributed by atoms with Crippen LogP contribution >= 0.6 is 15.9 Å². The van der Waals surface area contributed by atoms with Gasteiger partial charge in [0, 0.05) is 0 Å². The van der Waals surface area contributed by atoms with Crippen LogP contribution in [0.2, 0.25) is 0 Å². The van der Waals surface area contributed by atoms with Crippen LogP contribution < -0.4 is 9.46 Å². The van der Waals surface area contributed by atoms with E-state index in [0.717, 1.165) is 5.56 Å². The molecular weight excluding hydrogens is 344 g/mol. The highest BCUT2D eigenvalue weighted by Gasteiger charge is 2.20. The van der Waals surface area contributed by atoms with Crippen LogP contribution in [0.4, 0.5) is 5.82 Å². The van der Waals surface area contributed by atoms with Gasteiger partial charge in [0.15, 0.2) is 0 Å². The summed E-state index contributed by atoms with van der Waals surface area (Å²) in [5.74, 6) is 0.529. The number of ether oxygens (including phenoxy) is 1. The third-order valence-electron chi connectivity index (χ3n) is 2.56. The molecule has 0 atom stereocenters. The number of sulfonamides is 1. The summed E-state index contributed by atoms with van der Waals surface area (Å²) in [6.45, 7) is 1.82. The van der Waals surface area contributed by atoms with Crippen molar-refractivity contribution in [2.75, 3.05) is 11.8 Å². The molecule has 1 aromatic heterocycles. The van der Waals surface area contributed by atoms with Crippen molar-refractivity contribution < 1.29 is 13.2 Å². The Kier molecular flexibility index (Phi) is 4.29. The summed E-state index contributed by atoms with van der Waals surface area (Å²) in [4.78, 5) is 4.13. The topological polar surface area (TPSA) is 68.3 Å². The molecule has 2 rings (SSSR count). The second kappa shape index (κ2) is 5.80. The summed E-state index contributed by atoms with van der Waals surface area (Å²) in [6.07, 6.45) is 0. The van der Waals surface area contributed by atoms with Crippen LogP contribution in [-0.2, 0) is 10.0 Å². The minimum atomic E-state index is -3.75. The van der Waals surface area contributed by atoms with Gasteiger partial charge in [-0.15, -0.1) is 0 Å². The minimum Gasteiger partial charge on any atom is -0.495 e. The number of hydrogen-bond donors (Lipinski definition) is 1. The standard InChI is InChI=1S/C13H13BrN2O3S/c1-9-6-7-10(19-2)11(8-9)20(17,18)16-13-5-3-4-12(14)15-13/h3-8H,1-2H3,(H,15,16). The van der Waals surface area contributed by atoms with Crippen LogP contribution in [-0.4, -0.2) is 20.5 Å². The average Bonchev–Trinajstić information content (AvgIpc) is 2.38. The number of benzene rings is 1. The molecule has 0 radical (unpaired) electrons. The van der Waals surface area contributed by atoms with Gasteiger partial charge in [0.05, 0.1) is 7.11 Å². The molecule has 0 bridgehead atoms. The fraction of sp³-hybridized carbons (Fsp3) is 0.154. The molecule has 1 N–H and O–H groups in total. The Morgan fingerprint density at radius 2 is 2.00 bits per heavy atom. The number of aromatic nitrogens is 1. The van der Waals surface area contributed by atoms with Gasteiger partial charge in [0.1, 0.15) is 21.1 Å². The van der Waals surface area contributed by atoms with Gasteiger partial charge in [-0.2, -0.15) is 0 Å². The number of hydrogen-bond acceptors (Lipinski definition) is 4. The first-order valence-electron chi connectivity index (χ1n) is 5.72. The predicted octanol–water partition coefficient (Wildman–Crippen LogP) is 2.96. The van der Waals surface area contributed by atoms with Gasteiger partial charge in [0.2, 0.25) is 0 Å². The molecule has 0 fully saturated rings. The summed E-state index contributed by atoms with van der Waals surface area (Å²) < 4.78 is 32.9. The van der Waals surface area contributed by atoms with Crippen molar-refractivity contribution in [2.24, 2.45) is 0 Å². The second-order valence-electron chi connectivity index (χ2n) is 4.11. The zero-order chi connectivity index (χ0) is 14.8. The predicted molar refractivity (Wildman–Crippen MR) is 80.5 cm³/mol. The average molecular weight is 357 g/mol. The van der Waals surface area contributed by atoms with E-state index in [9.17, 15) is 8.42 Å². The first kappa shape index (κ1) is 14.8. The van der Waals surface area contributed by atoms with Crippen molar-refractivity contribution in [3.8, 4) is 5.75 Å². The van der Waals surface area contributed by atoms with E-state index in [2.05, 4.69) is 25.6 Å². The molecule has 5 nitrogen and oxygen atoms in total. The molecule has 2 aromatic rings. The Labute approximate surface area is 126 Å². The number of rotatable bonds is 4. The molecule has 0 spiro atoms. The molecule has 0 saturated carbocycles. The van der Waals surface area contributed by atoms with E-state index >= 15 is 0 Å². The Morgan fingerprint density at radius 3 is 2.65 bits per heavy atom. The Morgan fingerprint density at radius 1 is 1.25 bits per heavy atom. The van der Waals surface area contributed by atoms with E-state index in [4.69, 9.17) is 4.74 Å². The van der Waals surface area contributed by atoms with Crippen LogP contribution in [0.25, 0.3) is 0 Å². The highest BCUT2D eigenvalue weighted by atomic mass is 79.9. The van der Waals surface area contributed by atoms with Gasteiger partial charge in [0.25, 0.3) is 10.0 Å². The van der Waals surface area contributed by atoms with Crippen molar-refractivity contribution in [1.82, 2.24) is 4.98 Å². The van der Waals surface area contributed by atoms with Crippen molar-refractivity contribution in [2.45, 2.75) is 11.8 Å². The van der Waals surface area contributed by atoms with Crippen molar-refractivity contribution in [1.29, 1.82) is 0 Å². The Balaban J connectivity index is 2.43. The normalized spacial score (nSPS) is 11.2. The molecule has 0 unspecified atom stereocenters. The third-order valence-corrected chi connectivity index (χ3v) is 4.38. The van der Waals surface area contributed by atoms with Crippen LogP contribution in [0.3, 0.4) is 0 Å². The number of nitrogens with one attached hydrogen (secondary N) is 1. The molecule has 20 heavy (non-hydrogen) atoms. The summed E-state index contributed by atoms with van der Waals surface area (Å²) in [5.41, 5.74) is 0.827. The van der Waals surface area contributed by atoms with Crippen molar-refractivity contribution in [3.63, 3.8) is 0 Å². The quantitative estimate of drug-likeness (QED) is 0.855. The van der Waals surface area contributed by atoms with Crippen LogP contribution in [0.1, 0.15) is 5.56 Å². The number of anilines is 1. The zero-order valence-corrected chi connectivity index (χ0v) is 13.3. The minimum absolute atomic E-state index is 0.0850. The second-order valence-corrected chi connectivity index (χ2v) is 6.57. The maximum absolute atomic E-state index is 12.4. The smallest absolute Gasteiger partial charge is 0.266 e. The number of pyridine rings is 1. The fourth-order valence-electron chi connectivity index (χ4n) is 1.65. The highest BCUT2D eigenvalue weighted by molar-refractivity contribution is 9.10. The highest BCUT2D eigenvalue weighted by Crippen LogP contribution is 2.26. The molecule has 1 aromatic carbocycles. The maximum atomic E-state index is 12.4. The molecule has 106 valence electrons. The largest absolute Gasteiger partial charge is 0.495 e. The van der Waals surface area contributed by atoms with Gasteiger partial charge in [-0.3, -0.25) is 4.72 Å². The van der Waals surface area contributed by atoms with E-state index in [-0.39, 0.29) is 16.5 Å². The first-order chi connectivity index (χ1) is 9.42. The first-order valence-corrected chi connectivity index (χ1v) is 8.00. The van der Waals surface area contributed by atoms with E-state index in [1.54, 1.807) is 36.4 Å². The third kappa shape index (κ3) is 3.29. The maximum Gasteiger partial charge on any atom is 0.266 e. The number of halogens is 1. The molecule has 0 saturated heterocycles. The van der Waals surface area contributed by atoms with Gasteiger partial charge in [-0.25, -0.2) is 13.4 Å². The molecular formula is C13H13BrN2O3S. The monoisotopic (exact) mass is 356 g/mol. The van der Waals surface area contributed by atoms with Crippen LogP contribution in [0.15, 0.2) is 45.9 Å². The van der Waals surface area contributed by atoms with Crippen LogP contribution in [0.5, 0.6) is 5.75 Å². The lowest BCUT2D eigenvalue weighted by Crippen LogP contribution is -2.15. The van der Waals surface area contributed by atoms with Crippen molar-refractivity contribution >= 4 is 31.8 Å². The molecule has 0 aliphatic carbocycles. The number of methoxy groups -OCH3 is 1. The zero-order valence-electron chi connectivity index (χ0n) is 10.9. The van der Waals surface area contributed by atoms with E-state index in [1.165, 1.54) is 7.11 Å². The van der Waals surface area contributed by atoms with Crippen LogP contribution in [0, 0.1) is 6.92 Å². The molecule has 1 heterocycles. The molecule has 0 aliphatic heterocycles. The molecule has 0 aliphatic rings. The molecule has 0 amide bonds. The van der Waals surface area contributed by atoms with E-state index in [0.29, 0.717) is 4.60 Å². The lowest BCUT2D eigenvalue weighted by Gasteiger charge is -2.11. The Bertz CT molecular complexity index is 732. The van der Waals surface area contributed by atoms with Gasteiger partial charge in [-0.05, 0) is 52.7 Å². The van der Waals surface area contributed by atoms with Gasteiger partial charge in [-0.1, -0.05) is 12.1 Å². The summed E-state index contributed by atoms with van der Waals surface area (Å²) in [5, 5.41) is 0. The number of nitrogens with zero attached hydrogens (tertiary/aromatic N) is 1. The fourth-order valence-corrected chi connectivity index (χ4v) is 3.25.